The van der Waals surface area contributed by atoms with Crippen LogP contribution in [0.15, 0.2) is 18.2 Å². The van der Waals surface area contributed by atoms with Crippen LogP contribution in [0.25, 0.3) is 0 Å². The maximum atomic E-state index is 3.23. The highest BCUT2D eigenvalue weighted by molar-refractivity contribution is 5.62. The van der Waals surface area contributed by atoms with Gasteiger partial charge >= 0.3 is 0 Å². The van der Waals surface area contributed by atoms with Gasteiger partial charge in [0.05, 0.1) is 0 Å². The summed E-state index contributed by atoms with van der Waals surface area (Å²) >= 11 is 0. The van der Waals surface area contributed by atoms with Crippen LogP contribution in [-0.4, -0.2) is 26.2 Å². The molecule has 16 heavy (non-hydrogen) atoms. The summed E-state index contributed by atoms with van der Waals surface area (Å²) in [5, 5.41) is 3.23. The molecule has 1 aliphatic rings. The number of nitrogens with zero attached hydrogens (tertiary/aromatic N) is 1. The number of anilines is 1. The summed E-state index contributed by atoms with van der Waals surface area (Å²) < 4.78 is 0. The molecule has 1 aliphatic heterocycles. The first-order valence-corrected chi connectivity index (χ1v) is 6.30. The van der Waals surface area contributed by atoms with Gasteiger partial charge in [-0.2, -0.15) is 0 Å². The minimum absolute atomic E-state index is 0.663. The van der Waals surface area contributed by atoms with E-state index in [0.717, 1.165) is 19.5 Å². The van der Waals surface area contributed by atoms with Crippen molar-refractivity contribution in [2.75, 3.05) is 25.0 Å². The lowest BCUT2D eigenvalue weighted by Crippen LogP contribution is -2.28. The molecule has 0 aliphatic carbocycles. The molecule has 0 radical (unpaired) electrons. The van der Waals surface area contributed by atoms with E-state index in [2.05, 4.69) is 42.3 Å². The Morgan fingerprint density at radius 3 is 2.94 bits per heavy atom. The SMILES string of the molecule is CCN1c2cccc(CCNC)c2CC1C. The monoisotopic (exact) mass is 218 g/mol. The topological polar surface area (TPSA) is 15.3 Å². The van der Waals surface area contributed by atoms with Gasteiger partial charge in [-0.1, -0.05) is 12.1 Å². The third-order valence-corrected chi connectivity index (χ3v) is 3.57. The highest BCUT2D eigenvalue weighted by atomic mass is 15.2. The quantitative estimate of drug-likeness (QED) is 0.833. The molecule has 0 saturated carbocycles. The fourth-order valence-corrected chi connectivity index (χ4v) is 2.74. The number of fused-ring (bicyclic) bond motifs is 1. The van der Waals surface area contributed by atoms with Crippen LogP contribution < -0.4 is 10.2 Å². The zero-order valence-corrected chi connectivity index (χ0v) is 10.6. The molecule has 0 fully saturated rings. The molecule has 1 N–H and O–H groups in total. The Morgan fingerprint density at radius 2 is 2.25 bits per heavy atom. The predicted molar refractivity (Wildman–Crippen MR) is 70.3 cm³/mol. The number of benzene rings is 1. The van der Waals surface area contributed by atoms with Gasteiger partial charge in [0, 0.05) is 18.3 Å². The molecule has 2 heteroatoms. The molecule has 0 aromatic heterocycles. The van der Waals surface area contributed by atoms with E-state index in [4.69, 9.17) is 0 Å². The maximum Gasteiger partial charge on any atom is 0.0404 e. The molecule has 1 atom stereocenters. The molecule has 1 aromatic carbocycles. The summed E-state index contributed by atoms with van der Waals surface area (Å²) in [6.45, 7) is 6.75. The van der Waals surface area contributed by atoms with E-state index < -0.39 is 0 Å². The van der Waals surface area contributed by atoms with E-state index >= 15 is 0 Å². The van der Waals surface area contributed by atoms with Gasteiger partial charge in [0.15, 0.2) is 0 Å². The summed E-state index contributed by atoms with van der Waals surface area (Å²) in [7, 11) is 2.02. The van der Waals surface area contributed by atoms with E-state index in [9.17, 15) is 0 Å². The molecule has 2 rings (SSSR count). The second kappa shape index (κ2) is 4.88. The van der Waals surface area contributed by atoms with Crippen molar-refractivity contribution in [3.63, 3.8) is 0 Å². The van der Waals surface area contributed by atoms with Crippen molar-refractivity contribution in [2.45, 2.75) is 32.7 Å². The fourth-order valence-electron chi connectivity index (χ4n) is 2.74. The van der Waals surface area contributed by atoms with Crippen LogP contribution in [0, 0.1) is 0 Å². The van der Waals surface area contributed by atoms with Crippen LogP contribution in [0.2, 0.25) is 0 Å². The largest absolute Gasteiger partial charge is 0.369 e. The highest BCUT2D eigenvalue weighted by Gasteiger charge is 2.25. The van der Waals surface area contributed by atoms with Gasteiger partial charge in [-0.15, -0.1) is 0 Å². The third kappa shape index (κ3) is 1.94. The number of likely N-dealkylation sites (N-methyl/N-ethyl adjacent to an activating group) is 2. The van der Waals surface area contributed by atoms with Crippen molar-refractivity contribution in [1.82, 2.24) is 5.32 Å². The molecule has 1 unspecified atom stereocenters. The van der Waals surface area contributed by atoms with Crippen molar-refractivity contribution in [2.24, 2.45) is 0 Å². The number of hydrogen-bond acceptors (Lipinski definition) is 2. The lowest BCUT2D eigenvalue weighted by atomic mass is 10.0. The smallest absolute Gasteiger partial charge is 0.0404 e. The zero-order chi connectivity index (χ0) is 11.5. The van der Waals surface area contributed by atoms with Gasteiger partial charge in [-0.25, -0.2) is 0 Å². The van der Waals surface area contributed by atoms with Gasteiger partial charge in [-0.05, 0) is 57.5 Å². The third-order valence-electron chi connectivity index (χ3n) is 3.57. The van der Waals surface area contributed by atoms with Crippen LogP contribution >= 0.6 is 0 Å². The molecular formula is C14H22N2. The molecular weight excluding hydrogens is 196 g/mol. The zero-order valence-electron chi connectivity index (χ0n) is 10.6. The first-order chi connectivity index (χ1) is 7.77. The van der Waals surface area contributed by atoms with Crippen molar-refractivity contribution in [1.29, 1.82) is 0 Å². The summed E-state index contributed by atoms with van der Waals surface area (Å²) in [5.74, 6) is 0. The second-order valence-electron chi connectivity index (χ2n) is 4.61. The Bertz CT molecular complexity index is 360. The minimum Gasteiger partial charge on any atom is -0.369 e. The van der Waals surface area contributed by atoms with Crippen molar-refractivity contribution in [3.05, 3.63) is 29.3 Å². The first kappa shape index (κ1) is 11.5. The molecule has 0 bridgehead atoms. The number of nitrogens with one attached hydrogen (secondary N) is 1. The molecule has 1 aromatic rings. The molecule has 0 saturated heterocycles. The number of rotatable bonds is 4. The van der Waals surface area contributed by atoms with Gasteiger partial charge in [-0.3, -0.25) is 0 Å². The summed E-state index contributed by atoms with van der Waals surface area (Å²) in [6, 6.07) is 7.41. The summed E-state index contributed by atoms with van der Waals surface area (Å²) in [4.78, 5) is 2.51. The average Bonchev–Trinajstić information content (AvgIpc) is 2.62. The molecule has 2 nitrogen and oxygen atoms in total. The van der Waals surface area contributed by atoms with E-state index in [-0.39, 0.29) is 0 Å². The molecule has 88 valence electrons. The van der Waals surface area contributed by atoms with Crippen LogP contribution in [0.4, 0.5) is 5.69 Å². The Morgan fingerprint density at radius 1 is 1.44 bits per heavy atom. The first-order valence-electron chi connectivity index (χ1n) is 6.30. The van der Waals surface area contributed by atoms with Crippen LogP contribution in [-0.2, 0) is 12.8 Å². The molecule has 0 amide bonds. The van der Waals surface area contributed by atoms with Crippen molar-refractivity contribution < 1.29 is 0 Å². The van der Waals surface area contributed by atoms with Crippen LogP contribution in [0.5, 0.6) is 0 Å². The average molecular weight is 218 g/mol. The van der Waals surface area contributed by atoms with Crippen molar-refractivity contribution in [3.8, 4) is 0 Å². The Balaban J connectivity index is 2.28. The normalized spacial score (nSPS) is 18.9. The molecule has 1 heterocycles. The maximum absolute atomic E-state index is 3.23. The number of hydrogen-bond donors (Lipinski definition) is 1. The highest BCUT2D eigenvalue weighted by Crippen LogP contribution is 2.34. The van der Waals surface area contributed by atoms with Crippen LogP contribution in [0.3, 0.4) is 0 Å². The van der Waals surface area contributed by atoms with Gasteiger partial charge in [0.1, 0.15) is 0 Å². The Labute approximate surface area is 98.7 Å². The van der Waals surface area contributed by atoms with E-state index in [1.54, 1.807) is 5.56 Å². The fraction of sp³-hybridized carbons (Fsp3) is 0.571. The van der Waals surface area contributed by atoms with Crippen LogP contribution in [0.1, 0.15) is 25.0 Å². The Hall–Kier alpha value is -1.02. The van der Waals surface area contributed by atoms with Gasteiger partial charge in [0.25, 0.3) is 0 Å². The second-order valence-corrected chi connectivity index (χ2v) is 4.61. The Kier molecular flexibility index (Phi) is 3.49. The summed E-state index contributed by atoms with van der Waals surface area (Å²) in [6.07, 6.45) is 2.35. The standard InChI is InChI=1S/C14H22N2/c1-4-16-11(2)10-13-12(8-9-15-3)6-5-7-14(13)16/h5-7,11,15H,4,8-10H2,1-3H3. The predicted octanol–water partition coefficient (Wildman–Crippen LogP) is 2.22. The van der Waals surface area contributed by atoms with Crippen molar-refractivity contribution >= 4 is 5.69 Å². The lowest BCUT2D eigenvalue weighted by Gasteiger charge is -2.22. The van der Waals surface area contributed by atoms with Gasteiger partial charge in [0.2, 0.25) is 0 Å². The molecule has 0 spiro atoms. The lowest BCUT2D eigenvalue weighted by molar-refractivity contribution is 0.688. The van der Waals surface area contributed by atoms with Gasteiger partial charge < -0.3 is 10.2 Å². The minimum atomic E-state index is 0.663. The van der Waals surface area contributed by atoms with E-state index in [1.165, 1.54) is 17.7 Å². The van der Waals surface area contributed by atoms with E-state index in [1.807, 2.05) is 7.05 Å². The summed E-state index contributed by atoms with van der Waals surface area (Å²) in [5.41, 5.74) is 4.56. The van der Waals surface area contributed by atoms with E-state index in [0.29, 0.717) is 6.04 Å².